The molecule has 0 atom stereocenters. The van der Waals surface area contributed by atoms with Crippen LogP contribution in [0.15, 0.2) is 66.1 Å². The van der Waals surface area contributed by atoms with Crippen molar-refractivity contribution in [2.45, 2.75) is 18.6 Å². The minimum atomic E-state index is -0.259. The summed E-state index contributed by atoms with van der Waals surface area (Å²) in [7, 11) is 0. The van der Waals surface area contributed by atoms with Crippen molar-refractivity contribution >= 4 is 23.4 Å². The molecule has 3 aromatic rings. The molecule has 2 aromatic carbocycles. The van der Waals surface area contributed by atoms with Crippen molar-refractivity contribution < 1.29 is 13.9 Å². The highest BCUT2D eigenvalue weighted by Gasteiger charge is 2.09. The first-order valence-electron chi connectivity index (χ1n) is 8.55. The maximum atomic E-state index is 13.0. The van der Waals surface area contributed by atoms with Crippen LogP contribution in [0.4, 0.5) is 10.1 Å². The predicted molar refractivity (Wildman–Crippen MR) is 105 cm³/mol. The highest BCUT2D eigenvalue weighted by molar-refractivity contribution is 7.99. The summed E-state index contributed by atoms with van der Waals surface area (Å²) in [6, 6.07) is 13.6. The van der Waals surface area contributed by atoms with Gasteiger partial charge in [-0.3, -0.25) is 4.79 Å². The largest absolute Gasteiger partial charge is 0.494 e. The van der Waals surface area contributed by atoms with Gasteiger partial charge in [0, 0.05) is 24.6 Å². The van der Waals surface area contributed by atoms with Crippen LogP contribution in [0.3, 0.4) is 0 Å². The number of rotatable bonds is 8. The van der Waals surface area contributed by atoms with Gasteiger partial charge in [0.15, 0.2) is 5.16 Å². The average Bonchev–Trinajstić information content (AvgIpc) is 3.11. The second-order valence-corrected chi connectivity index (χ2v) is 6.70. The molecule has 0 fully saturated rings. The number of ether oxygens (including phenoxy) is 1. The standard InChI is InChI=1S/C20H20FN3O2S/c1-2-26-18-9-7-17(8-10-18)23-19(25)14-27-20-22-11-12-24(20)13-15-3-5-16(21)6-4-15/h3-12H,2,13-14H2,1H3,(H,23,25). The van der Waals surface area contributed by atoms with Crippen molar-refractivity contribution in [1.29, 1.82) is 0 Å². The predicted octanol–water partition coefficient (Wildman–Crippen LogP) is 4.20. The number of nitrogens with zero attached hydrogens (tertiary/aromatic N) is 2. The zero-order chi connectivity index (χ0) is 19.1. The van der Waals surface area contributed by atoms with Crippen LogP contribution in [0.25, 0.3) is 0 Å². The fraction of sp³-hybridized carbons (Fsp3) is 0.200. The number of carbonyl (C=O) groups excluding carboxylic acids is 1. The number of amides is 1. The van der Waals surface area contributed by atoms with Crippen molar-refractivity contribution in [2.24, 2.45) is 0 Å². The highest BCUT2D eigenvalue weighted by atomic mass is 32.2. The molecule has 5 nitrogen and oxygen atoms in total. The summed E-state index contributed by atoms with van der Waals surface area (Å²) in [5, 5.41) is 3.59. The first-order chi connectivity index (χ1) is 13.1. The molecular formula is C20H20FN3O2S. The van der Waals surface area contributed by atoms with Crippen LogP contribution < -0.4 is 10.1 Å². The van der Waals surface area contributed by atoms with Crippen LogP contribution in [0.5, 0.6) is 5.75 Å². The van der Waals surface area contributed by atoms with Gasteiger partial charge in [0.05, 0.1) is 12.4 Å². The molecule has 140 valence electrons. The Morgan fingerprint density at radius 2 is 1.93 bits per heavy atom. The van der Waals surface area contributed by atoms with Crippen LogP contribution >= 0.6 is 11.8 Å². The first-order valence-corrected chi connectivity index (χ1v) is 9.53. The molecule has 0 radical (unpaired) electrons. The number of benzene rings is 2. The van der Waals surface area contributed by atoms with E-state index < -0.39 is 0 Å². The van der Waals surface area contributed by atoms with Crippen LogP contribution in [0.1, 0.15) is 12.5 Å². The van der Waals surface area contributed by atoms with E-state index in [1.807, 2.05) is 42.0 Å². The van der Waals surface area contributed by atoms with Gasteiger partial charge in [-0.2, -0.15) is 0 Å². The lowest BCUT2D eigenvalue weighted by atomic mass is 10.2. The fourth-order valence-electron chi connectivity index (χ4n) is 2.47. The number of aromatic nitrogens is 2. The third kappa shape index (κ3) is 5.59. The molecule has 0 aliphatic carbocycles. The van der Waals surface area contributed by atoms with E-state index in [0.717, 1.165) is 22.2 Å². The molecule has 1 N–H and O–H groups in total. The quantitative estimate of drug-likeness (QED) is 0.591. The molecule has 1 aromatic heterocycles. The van der Waals surface area contributed by atoms with Gasteiger partial charge in [0.25, 0.3) is 0 Å². The summed E-state index contributed by atoms with van der Waals surface area (Å²) in [6.07, 6.45) is 3.53. The number of hydrogen-bond acceptors (Lipinski definition) is 4. The lowest BCUT2D eigenvalue weighted by molar-refractivity contribution is -0.113. The maximum absolute atomic E-state index is 13.0. The molecule has 27 heavy (non-hydrogen) atoms. The number of halogens is 1. The van der Waals surface area contributed by atoms with E-state index >= 15 is 0 Å². The van der Waals surface area contributed by atoms with Crippen molar-refractivity contribution in [3.63, 3.8) is 0 Å². The molecule has 1 heterocycles. The minimum absolute atomic E-state index is 0.111. The van der Waals surface area contributed by atoms with Gasteiger partial charge < -0.3 is 14.6 Å². The van der Waals surface area contributed by atoms with Crippen LogP contribution in [-0.4, -0.2) is 27.8 Å². The third-order valence-electron chi connectivity index (χ3n) is 3.72. The van der Waals surface area contributed by atoms with Crippen molar-refractivity contribution in [1.82, 2.24) is 9.55 Å². The smallest absolute Gasteiger partial charge is 0.234 e. The maximum Gasteiger partial charge on any atom is 0.234 e. The molecule has 0 spiro atoms. The first kappa shape index (κ1) is 19.0. The van der Waals surface area contributed by atoms with E-state index in [-0.39, 0.29) is 17.5 Å². The SMILES string of the molecule is CCOc1ccc(NC(=O)CSc2nccn2Cc2ccc(F)cc2)cc1. The molecule has 0 unspecified atom stereocenters. The molecule has 7 heteroatoms. The molecular weight excluding hydrogens is 365 g/mol. The van der Waals surface area contributed by atoms with Crippen LogP contribution in [-0.2, 0) is 11.3 Å². The molecule has 1 amide bonds. The molecule has 0 bridgehead atoms. The van der Waals surface area contributed by atoms with Gasteiger partial charge >= 0.3 is 0 Å². The molecule has 0 aliphatic rings. The van der Waals surface area contributed by atoms with E-state index in [0.29, 0.717) is 13.2 Å². The summed E-state index contributed by atoms with van der Waals surface area (Å²) in [4.78, 5) is 16.5. The second-order valence-electron chi connectivity index (χ2n) is 5.76. The number of imidazole rings is 1. The Kier molecular flexibility index (Phi) is 6.49. The monoisotopic (exact) mass is 385 g/mol. The normalized spacial score (nSPS) is 10.6. The third-order valence-corrected chi connectivity index (χ3v) is 4.73. The Morgan fingerprint density at radius 3 is 2.63 bits per heavy atom. The van der Waals surface area contributed by atoms with E-state index in [1.165, 1.54) is 23.9 Å². The summed E-state index contributed by atoms with van der Waals surface area (Å²) < 4.78 is 20.3. The van der Waals surface area contributed by atoms with Crippen molar-refractivity contribution in [3.8, 4) is 5.75 Å². The molecule has 0 saturated carbocycles. The summed E-state index contributed by atoms with van der Waals surface area (Å²) >= 11 is 1.36. The Labute approximate surface area is 161 Å². The van der Waals surface area contributed by atoms with Gasteiger partial charge in [-0.15, -0.1) is 0 Å². The minimum Gasteiger partial charge on any atom is -0.494 e. The summed E-state index contributed by atoms with van der Waals surface area (Å²) in [6.45, 7) is 3.10. The van der Waals surface area contributed by atoms with E-state index in [4.69, 9.17) is 4.74 Å². The lowest BCUT2D eigenvalue weighted by Gasteiger charge is -2.09. The number of carbonyl (C=O) groups is 1. The average molecular weight is 385 g/mol. The van der Waals surface area contributed by atoms with Crippen LogP contribution in [0, 0.1) is 5.82 Å². The molecule has 3 rings (SSSR count). The Balaban J connectivity index is 1.53. The van der Waals surface area contributed by atoms with E-state index in [9.17, 15) is 9.18 Å². The second kappa shape index (κ2) is 9.23. The van der Waals surface area contributed by atoms with E-state index in [1.54, 1.807) is 18.3 Å². The zero-order valence-corrected chi connectivity index (χ0v) is 15.7. The molecule has 0 saturated heterocycles. The molecule has 0 aliphatic heterocycles. The number of nitrogens with one attached hydrogen (secondary N) is 1. The van der Waals surface area contributed by atoms with Gasteiger partial charge in [0.2, 0.25) is 5.91 Å². The van der Waals surface area contributed by atoms with Gasteiger partial charge in [-0.1, -0.05) is 23.9 Å². The Morgan fingerprint density at radius 1 is 1.19 bits per heavy atom. The van der Waals surface area contributed by atoms with Gasteiger partial charge in [-0.05, 0) is 48.9 Å². The lowest BCUT2D eigenvalue weighted by Crippen LogP contribution is -2.14. The topological polar surface area (TPSA) is 56.1 Å². The highest BCUT2D eigenvalue weighted by Crippen LogP contribution is 2.19. The summed E-state index contributed by atoms with van der Waals surface area (Å²) in [5.41, 5.74) is 1.69. The Bertz CT molecular complexity index is 879. The number of thioether (sulfide) groups is 1. The number of hydrogen-bond donors (Lipinski definition) is 1. The van der Waals surface area contributed by atoms with Crippen LogP contribution in [0.2, 0.25) is 0 Å². The summed E-state index contributed by atoms with van der Waals surface area (Å²) in [5.74, 6) is 0.645. The van der Waals surface area contributed by atoms with Crippen molar-refractivity contribution in [2.75, 3.05) is 17.7 Å². The number of anilines is 1. The Hall–Kier alpha value is -2.80. The fourth-order valence-corrected chi connectivity index (χ4v) is 3.23. The van der Waals surface area contributed by atoms with E-state index in [2.05, 4.69) is 10.3 Å². The van der Waals surface area contributed by atoms with Crippen molar-refractivity contribution in [3.05, 3.63) is 72.3 Å². The van der Waals surface area contributed by atoms with Gasteiger partial charge in [0.1, 0.15) is 11.6 Å². The zero-order valence-electron chi connectivity index (χ0n) is 14.9. The van der Waals surface area contributed by atoms with Gasteiger partial charge in [-0.25, -0.2) is 9.37 Å².